The van der Waals surface area contributed by atoms with E-state index in [1.807, 2.05) is 6.20 Å². The Kier molecular flexibility index (Phi) is 2.57. The summed E-state index contributed by atoms with van der Waals surface area (Å²) in [4.78, 5) is 4.32. The van der Waals surface area contributed by atoms with Gasteiger partial charge in [0.15, 0.2) is 0 Å². The van der Waals surface area contributed by atoms with E-state index < -0.39 is 0 Å². The maximum Gasteiger partial charge on any atom is 0.0375 e. The Morgan fingerprint density at radius 3 is 2.82 bits per heavy atom. The lowest BCUT2D eigenvalue weighted by Crippen LogP contribution is -2.21. The van der Waals surface area contributed by atoms with Gasteiger partial charge in [0.1, 0.15) is 0 Å². The predicted octanol–water partition coefficient (Wildman–Crippen LogP) is 4.10. The zero-order valence-corrected chi connectivity index (χ0v) is 10.8. The number of hydrogen-bond acceptors (Lipinski definition) is 1. The lowest BCUT2D eigenvalue weighted by molar-refractivity contribution is 0.328. The van der Waals surface area contributed by atoms with Crippen LogP contribution in [0.2, 0.25) is 0 Å². The van der Waals surface area contributed by atoms with Crippen molar-refractivity contribution in [3.63, 3.8) is 0 Å². The first-order valence-electron chi connectivity index (χ1n) is 6.75. The van der Waals surface area contributed by atoms with Crippen molar-refractivity contribution < 1.29 is 0 Å². The summed E-state index contributed by atoms with van der Waals surface area (Å²) < 4.78 is 0. The first-order chi connectivity index (χ1) is 8.16. The van der Waals surface area contributed by atoms with E-state index >= 15 is 0 Å². The maximum absolute atomic E-state index is 4.32. The van der Waals surface area contributed by atoms with Gasteiger partial charge in [0.05, 0.1) is 0 Å². The monoisotopic (exact) mass is 227 g/mol. The summed E-state index contributed by atoms with van der Waals surface area (Å²) in [6.07, 6.45) is 6.22. The Hall–Kier alpha value is -1.11. The van der Waals surface area contributed by atoms with Gasteiger partial charge in [0.2, 0.25) is 0 Å². The minimum absolute atomic E-state index is 0.716. The average Bonchev–Trinajstić information content (AvgIpc) is 2.88. The maximum atomic E-state index is 4.32. The van der Waals surface area contributed by atoms with Gasteiger partial charge in [0, 0.05) is 11.9 Å². The topological polar surface area (TPSA) is 12.9 Å². The SMILES string of the molecule is C=C(C)C1C2CCC(C2)C1c1ccnc(C)c1. The second kappa shape index (κ2) is 3.97. The zero-order valence-electron chi connectivity index (χ0n) is 10.8. The summed E-state index contributed by atoms with van der Waals surface area (Å²) in [6, 6.07) is 4.50. The van der Waals surface area contributed by atoms with Gasteiger partial charge < -0.3 is 0 Å². The summed E-state index contributed by atoms with van der Waals surface area (Å²) in [5.74, 6) is 3.22. The zero-order chi connectivity index (χ0) is 12.0. The van der Waals surface area contributed by atoms with Crippen LogP contribution in [-0.2, 0) is 0 Å². The van der Waals surface area contributed by atoms with E-state index in [-0.39, 0.29) is 0 Å². The number of rotatable bonds is 2. The summed E-state index contributed by atoms with van der Waals surface area (Å²) in [5.41, 5.74) is 4.03. The molecule has 17 heavy (non-hydrogen) atoms. The van der Waals surface area contributed by atoms with Crippen molar-refractivity contribution in [3.05, 3.63) is 41.7 Å². The summed E-state index contributed by atoms with van der Waals surface area (Å²) in [5, 5.41) is 0. The van der Waals surface area contributed by atoms with Gasteiger partial charge in [-0.15, -0.1) is 0 Å². The molecule has 1 aromatic rings. The molecule has 3 rings (SSSR count). The molecule has 2 aliphatic carbocycles. The van der Waals surface area contributed by atoms with E-state index in [0.717, 1.165) is 23.4 Å². The second-order valence-electron chi connectivity index (χ2n) is 5.96. The van der Waals surface area contributed by atoms with Crippen LogP contribution in [0.15, 0.2) is 30.5 Å². The third kappa shape index (κ3) is 1.72. The van der Waals surface area contributed by atoms with E-state index in [2.05, 4.69) is 37.5 Å². The third-order valence-electron chi connectivity index (χ3n) is 4.79. The quantitative estimate of drug-likeness (QED) is 0.693. The fourth-order valence-electron chi connectivity index (χ4n) is 4.25. The highest BCUT2D eigenvalue weighted by Gasteiger charge is 2.48. The van der Waals surface area contributed by atoms with E-state index in [4.69, 9.17) is 0 Å². The molecule has 0 radical (unpaired) electrons. The van der Waals surface area contributed by atoms with Crippen LogP contribution in [0.3, 0.4) is 0 Å². The first kappa shape index (κ1) is 11.0. The van der Waals surface area contributed by atoms with E-state index in [1.54, 1.807) is 0 Å². The molecular formula is C16H21N. The first-order valence-corrected chi connectivity index (χ1v) is 6.75. The van der Waals surface area contributed by atoms with Gasteiger partial charge in [-0.25, -0.2) is 0 Å². The minimum atomic E-state index is 0.716. The fourth-order valence-corrected chi connectivity index (χ4v) is 4.25. The minimum Gasteiger partial charge on any atom is -0.262 e. The van der Waals surface area contributed by atoms with Gasteiger partial charge in [-0.1, -0.05) is 12.2 Å². The van der Waals surface area contributed by atoms with Crippen LogP contribution in [0.4, 0.5) is 0 Å². The van der Waals surface area contributed by atoms with Gasteiger partial charge >= 0.3 is 0 Å². The fraction of sp³-hybridized carbons (Fsp3) is 0.562. The van der Waals surface area contributed by atoms with Crippen molar-refractivity contribution in [1.29, 1.82) is 0 Å². The molecule has 0 N–H and O–H groups in total. The molecule has 1 heterocycles. The van der Waals surface area contributed by atoms with Crippen molar-refractivity contribution in [2.24, 2.45) is 17.8 Å². The lowest BCUT2D eigenvalue weighted by atomic mass is 9.73. The number of pyridine rings is 1. The molecule has 4 atom stereocenters. The van der Waals surface area contributed by atoms with Gasteiger partial charge in [-0.05, 0) is 74.5 Å². The molecule has 90 valence electrons. The largest absolute Gasteiger partial charge is 0.262 e. The van der Waals surface area contributed by atoms with Crippen molar-refractivity contribution in [2.45, 2.75) is 39.0 Å². The Labute approximate surface area is 104 Å². The summed E-state index contributed by atoms with van der Waals surface area (Å²) >= 11 is 0. The smallest absolute Gasteiger partial charge is 0.0375 e. The van der Waals surface area contributed by atoms with Crippen molar-refractivity contribution in [2.75, 3.05) is 0 Å². The van der Waals surface area contributed by atoms with Crippen LogP contribution in [0, 0.1) is 24.7 Å². The number of fused-ring (bicyclic) bond motifs is 2. The van der Waals surface area contributed by atoms with E-state index in [1.165, 1.54) is 30.4 Å². The molecule has 1 aromatic heterocycles. The molecule has 0 amide bonds. The van der Waals surface area contributed by atoms with Gasteiger partial charge in [-0.3, -0.25) is 4.98 Å². The lowest BCUT2D eigenvalue weighted by Gasteiger charge is -2.32. The summed E-state index contributed by atoms with van der Waals surface area (Å²) in [6.45, 7) is 8.54. The Balaban J connectivity index is 1.98. The van der Waals surface area contributed by atoms with Crippen molar-refractivity contribution in [1.82, 2.24) is 4.98 Å². The highest BCUT2D eigenvalue weighted by atomic mass is 14.7. The number of allylic oxidation sites excluding steroid dienone is 1. The normalized spacial score (nSPS) is 35.2. The number of hydrogen-bond donors (Lipinski definition) is 0. The molecule has 2 fully saturated rings. The molecule has 2 bridgehead atoms. The van der Waals surface area contributed by atoms with Crippen LogP contribution in [-0.4, -0.2) is 4.98 Å². The van der Waals surface area contributed by atoms with Crippen LogP contribution in [0.1, 0.15) is 43.4 Å². The molecule has 0 spiro atoms. The van der Waals surface area contributed by atoms with E-state index in [9.17, 15) is 0 Å². The molecule has 0 aliphatic heterocycles. The standard InChI is InChI=1S/C16H21N/c1-10(2)15-12-4-5-13(9-12)16(15)14-6-7-17-11(3)8-14/h6-8,12-13,15-16H,1,4-5,9H2,2-3H3. The molecule has 2 aliphatic rings. The van der Waals surface area contributed by atoms with Crippen LogP contribution in [0.5, 0.6) is 0 Å². The Bertz CT molecular complexity index is 449. The van der Waals surface area contributed by atoms with E-state index in [0.29, 0.717) is 5.92 Å². The van der Waals surface area contributed by atoms with Crippen LogP contribution < -0.4 is 0 Å². The molecule has 1 nitrogen and oxygen atoms in total. The number of aryl methyl sites for hydroxylation is 1. The molecule has 2 saturated carbocycles. The van der Waals surface area contributed by atoms with Crippen LogP contribution in [0.25, 0.3) is 0 Å². The molecule has 4 unspecified atom stereocenters. The second-order valence-corrected chi connectivity index (χ2v) is 5.96. The highest BCUT2D eigenvalue weighted by molar-refractivity contribution is 5.28. The number of aromatic nitrogens is 1. The Morgan fingerprint density at radius 2 is 2.12 bits per heavy atom. The van der Waals surface area contributed by atoms with Gasteiger partial charge in [0.25, 0.3) is 0 Å². The third-order valence-corrected chi connectivity index (χ3v) is 4.79. The molecule has 1 heteroatoms. The van der Waals surface area contributed by atoms with Crippen molar-refractivity contribution in [3.8, 4) is 0 Å². The molecular weight excluding hydrogens is 206 g/mol. The number of nitrogens with zero attached hydrogens (tertiary/aromatic N) is 1. The van der Waals surface area contributed by atoms with Crippen LogP contribution >= 0.6 is 0 Å². The van der Waals surface area contributed by atoms with Crippen molar-refractivity contribution >= 4 is 0 Å². The molecule has 0 saturated heterocycles. The average molecular weight is 227 g/mol. The predicted molar refractivity (Wildman–Crippen MR) is 70.9 cm³/mol. The highest BCUT2D eigenvalue weighted by Crippen LogP contribution is 2.58. The Morgan fingerprint density at radius 1 is 1.35 bits per heavy atom. The van der Waals surface area contributed by atoms with Gasteiger partial charge in [-0.2, -0.15) is 0 Å². The molecule has 0 aromatic carbocycles. The summed E-state index contributed by atoms with van der Waals surface area (Å²) in [7, 11) is 0.